The first-order chi connectivity index (χ1) is 7.02. The Morgan fingerprint density at radius 2 is 2.00 bits per heavy atom. The number of hydrogen-bond donors (Lipinski definition) is 1. The van der Waals surface area contributed by atoms with Crippen molar-refractivity contribution in [3.8, 4) is 0 Å². The molecular weight excluding hydrogens is 204 g/mol. The molecule has 2 unspecified atom stereocenters. The fourth-order valence-corrected chi connectivity index (χ4v) is 2.50. The first-order valence-corrected chi connectivity index (χ1v) is 6.55. The van der Waals surface area contributed by atoms with Crippen molar-refractivity contribution in [1.29, 1.82) is 0 Å². The summed E-state index contributed by atoms with van der Waals surface area (Å²) in [6.45, 7) is 11.0. The monoisotopic (exact) mass is 226 g/mol. The predicted molar refractivity (Wildman–Crippen MR) is 68.7 cm³/mol. The fraction of sp³-hybridized carbons (Fsp3) is 0.750. The second-order valence-electron chi connectivity index (χ2n) is 4.46. The minimum Gasteiger partial charge on any atom is -0.359 e. The van der Waals surface area contributed by atoms with Gasteiger partial charge in [-0.1, -0.05) is 20.3 Å². The van der Waals surface area contributed by atoms with Gasteiger partial charge in [0, 0.05) is 10.9 Å². The third-order valence-electron chi connectivity index (χ3n) is 2.85. The molecule has 3 heteroatoms. The average Bonchev–Trinajstić information content (AvgIpc) is 2.45. The molecule has 2 nitrogen and oxygen atoms in total. The van der Waals surface area contributed by atoms with E-state index in [0.717, 1.165) is 16.7 Å². The van der Waals surface area contributed by atoms with Gasteiger partial charge in [0.1, 0.15) is 0 Å². The van der Waals surface area contributed by atoms with E-state index in [1.165, 1.54) is 17.7 Å². The van der Waals surface area contributed by atoms with Gasteiger partial charge in [-0.05, 0) is 33.1 Å². The molecule has 1 N–H and O–H groups in total. The van der Waals surface area contributed by atoms with Crippen molar-refractivity contribution in [2.75, 3.05) is 5.32 Å². The van der Waals surface area contributed by atoms with Crippen LogP contribution in [0, 0.1) is 19.8 Å². The minimum absolute atomic E-state index is 0.518. The number of nitrogens with zero attached hydrogens (tertiary/aromatic N) is 1. The van der Waals surface area contributed by atoms with Gasteiger partial charge in [0.25, 0.3) is 0 Å². The van der Waals surface area contributed by atoms with E-state index >= 15 is 0 Å². The van der Waals surface area contributed by atoms with Crippen molar-refractivity contribution in [2.45, 2.75) is 53.5 Å². The molecule has 0 spiro atoms. The molecule has 86 valence electrons. The van der Waals surface area contributed by atoms with E-state index in [4.69, 9.17) is 0 Å². The largest absolute Gasteiger partial charge is 0.359 e. The number of aromatic nitrogens is 1. The molecule has 0 aliphatic rings. The quantitative estimate of drug-likeness (QED) is 0.821. The Kier molecular flexibility index (Phi) is 4.58. The van der Waals surface area contributed by atoms with Crippen LogP contribution in [0.1, 0.15) is 44.2 Å². The molecule has 15 heavy (non-hydrogen) atoms. The van der Waals surface area contributed by atoms with E-state index in [-0.39, 0.29) is 0 Å². The molecular formula is C12H22N2S. The smallest absolute Gasteiger partial charge is 0.183 e. The SMILES string of the molecule is CCC(C)CC(C)Nc1nc(C)c(C)s1. The third-order valence-corrected chi connectivity index (χ3v) is 3.86. The van der Waals surface area contributed by atoms with Gasteiger partial charge < -0.3 is 5.32 Å². The van der Waals surface area contributed by atoms with E-state index in [9.17, 15) is 0 Å². The average molecular weight is 226 g/mol. The number of hydrogen-bond acceptors (Lipinski definition) is 3. The molecule has 2 atom stereocenters. The second-order valence-corrected chi connectivity index (χ2v) is 5.66. The lowest BCUT2D eigenvalue weighted by Gasteiger charge is -2.16. The number of rotatable bonds is 5. The van der Waals surface area contributed by atoms with Crippen molar-refractivity contribution in [3.05, 3.63) is 10.6 Å². The van der Waals surface area contributed by atoms with Crippen LogP contribution in [0.5, 0.6) is 0 Å². The minimum atomic E-state index is 0.518. The van der Waals surface area contributed by atoms with Gasteiger partial charge in [-0.2, -0.15) is 0 Å². The summed E-state index contributed by atoms with van der Waals surface area (Å²) in [7, 11) is 0. The maximum Gasteiger partial charge on any atom is 0.183 e. The number of thiazole rings is 1. The van der Waals surface area contributed by atoms with Gasteiger partial charge in [0.05, 0.1) is 5.69 Å². The van der Waals surface area contributed by atoms with Crippen molar-refractivity contribution >= 4 is 16.5 Å². The van der Waals surface area contributed by atoms with Gasteiger partial charge in [-0.25, -0.2) is 4.98 Å². The molecule has 0 amide bonds. The summed E-state index contributed by atoms with van der Waals surface area (Å²) in [6, 6.07) is 0.518. The van der Waals surface area contributed by atoms with Gasteiger partial charge in [-0.3, -0.25) is 0 Å². The Bertz CT molecular complexity index is 287. The molecule has 0 bridgehead atoms. The summed E-state index contributed by atoms with van der Waals surface area (Å²) in [5, 5.41) is 4.55. The maximum absolute atomic E-state index is 4.49. The topological polar surface area (TPSA) is 24.9 Å². The standard InChI is InChI=1S/C12H22N2S/c1-6-8(2)7-9(3)13-12-14-10(4)11(5)15-12/h8-9H,6-7H2,1-5H3,(H,13,14). The Morgan fingerprint density at radius 3 is 2.47 bits per heavy atom. The summed E-state index contributed by atoms with van der Waals surface area (Å²) < 4.78 is 0. The number of nitrogens with one attached hydrogen (secondary N) is 1. The highest BCUT2D eigenvalue weighted by Gasteiger charge is 2.09. The number of aryl methyl sites for hydroxylation is 2. The van der Waals surface area contributed by atoms with Crippen LogP contribution < -0.4 is 5.32 Å². The van der Waals surface area contributed by atoms with Crippen LogP contribution in [0.3, 0.4) is 0 Å². The first-order valence-electron chi connectivity index (χ1n) is 5.73. The molecule has 1 aromatic heterocycles. The normalized spacial score (nSPS) is 15.0. The maximum atomic E-state index is 4.49. The second kappa shape index (κ2) is 5.50. The molecule has 0 radical (unpaired) electrons. The van der Waals surface area contributed by atoms with E-state index in [2.05, 4.69) is 44.9 Å². The van der Waals surface area contributed by atoms with Gasteiger partial charge >= 0.3 is 0 Å². The lowest BCUT2D eigenvalue weighted by Crippen LogP contribution is -2.18. The summed E-state index contributed by atoms with van der Waals surface area (Å²) >= 11 is 1.76. The third kappa shape index (κ3) is 3.82. The van der Waals surface area contributed by atoms with E-state index in [1.54, 1.807) is 11.3 Å². The van der Waals surface area contributed by atoms with Crippen LogP contribution in [0.2, 0.25) is 0 Å². The highest BCUT2D eigenvalue weighted by atomic mass is 32.1. The van der Waals surface area contributed by atoms with E-state index < -0.39 is 0 Å². The van der Waals surface area contributed by atoms with Crippen LogP contribution in [0.4, 0.5) is 5.13 Å². The van der Waals surface area contributed by atoms with Crippen molar-refractivity contribution < 1.29 is 0 Å². The molecule has 1 aromatic rings. The van der Waals surface area contributed by atoms with Crippen LogP contribution in [0.25, 0.3) is 0 Å². The summed E-state index contributed by atoms with van der Waals surface area (Å²) in [4.78, 5) is 5.80. The summed E-state index contributed by atoms with van der Waals surface area (Å²) in [6.07, 6.45) is 2.47. The molecule has 0 aliphatic heterocycles. The van der Waals surface area contributed by atoms with Crippen LogP contribution in [0.15, 0.2) is 0 Å². The van der Waals surface area contributed by atoms with Crippen molar-refractivity contribution in [3.63, 3.8) is 0 Å². The fourth-order valence-electron chi connectivity index (χ4n) is 1.57. The van der Waals surface area contributed by atoms with Crippen molar-refractivity contribution in [1.82, 2.24) is 4.98 Å². The van der Waals surface area contributed by atoms with E-state index in [1.807, 2.05) is 0 Å². The molecule has 1 heterocycles. The van der Waals surface area contributed by atoms with Crippen molar-refractivity contribution in [2.24, 2.45) is 5.92 Å². The lowest BCUT2D eigenvalue weighted by molar-refractivity contribution is 0.483. The highest BCUT2D eigenvalue weighted by molar-refractivity contribution is 7.15. The van der Waals surface area contributed by atoms with Crippen LogP contribution in [-0.4, -0.2) is 11.0 Å². The van der Waals surface area contributed by atoms with Crippen LogP contribution in [-0.2, 0) is 0 Å². The Hall–Kier alpha value is -0.570. The molecule has 0 aliphatic carbocycles. The van der Waals surface area contributed by atoms with E-state index in [0.29, 0.717) is 6.04 Å². The zero-order valence-corrected chi connectivity index (χ0v) is 11.2. The number of anilines is 1. The molecule has 0 saturated carbocycles. The lowest BCUT2D eigenvalue weighted by atomic mass is 10.0. The zero-order valence-electron chi connectivity index (χ0n) is 10.4. The summed E-state index contributed by atoms with van der Waals surface area (Å²) in [5.41, 5.74) is 1.15. The molecule has 1 rings (SSSR count). The summed E-state index contributed by atoms with van der Waals surface area (Å²) in [5.74, 6) is 0.787. The highest BCUT2D eigenvalue weighted by Crippen LogP contribution is 2.23. The van der Waals surface area contributed by atoms with Crippen LogP contribution >= 0.6 is 11.3 Å². The molecule has 0 saturated heterocycles. The molecule has 0 fully saturated rings. The van der Waals surface area contributed by atoms with Gasteiger partial charge in [0.15, 0.2) is 5.13 Å². The Labute approximate surface area is 97.1 Å². The Balaban J connectivity index is 2.47. The zero-order chi connectivity index (χ0) is 11.4. The Morgan fingerprint density at radius 1 is 1.33 bits per heavy atom. The predicted octanol–water partition coefficient (Wildman–Crippen LogP) is 4.00. The molecule has 0 aromatic carbocycles. The van der Waals surface area contributed by atoms with Gasteiger partial charge in [-0.15, -0.1) is 11.3 Å². The first kappa shape index (κ1) is 12.5. The van der Waals surface area contributed by atoms with Gasteiger partial charge in [0.2, 0.25) is 0 Å².